The van der Waals surface area contributed by atoms with Crippen LogP contribution in [0.3, 0.4) is 0 Å². The van der Waals surface area contributed by atoms with E-state index < -0.39 is 0 Å². The van der Waals surface area contributed by atoms with Crippen LogP contribution in [0.1, 0.15) is 19.4 Å². The third-order valence-electron chi connectivity index (χ3n) is 4.44. The molecule has 4 nitrogen and oxygen atoms in total. The van der Waals surface area contributed by atoms with Crippen LogP contribution in [-0.4, -0.2) is 27.9 Å². The number of aromatic nitrogens is 3. The van der Waals surface area contributed by atoms with Crippen LogP contribution in [0, 0.1) is 0 Å². The van der Waals surface area contributed by atoms with Gasteiger partial charge in [0.2, 0.25) is 0 Å². The minimum atomic E-state index is 0.569. The summed E-state index contributed by atoms with van der Waals surface area (Å²) in [5.41, 5.74) is 3.38. The Hall–Kier alpha value is -1.69. The van der Waals surface area contributed by atoms with Crippen LogP contribution in [0.25, 0.3) is 11.4 Å². The normalized spacial score (nSPS) is 11.0. The van der Waals surface area contributed by atoms with E-state index >= 15 is 0 Å². The number of thioether (sulfide) groups is 1. The topological polar surface area (TPSA) is 34.0 Å². The largest absolute Gasteiger partial charge is 0.372 e. The second-order valence-electron chi connectivity index (χ2n) is 6.12. The summed E-state index contributed by atoms with van der Waals surface area (Å²) >= 11 is 13.7. The molecule has 0 aliphatic rings. The van der Waals surface area contributed by atoms with Crippen molar-refractivity contribution in [3.63, 3.8) is 0 Å². The molecule has 0 aliphatic heterocycles. The summed E-state index contributed by atoms with van der Waals surface area (Å²) in [7, 11) is 1.99. The maximum atomic E-state index is 6.09. The Morgan fingerprint density at radius 1 is 0.963 bits per heavy atom. The molecule has 0 N–H and O–H groups in total. The molecule has 0 bridgehead atoms. The van der Waals surface area contributed by atoms with Crippen LogP contribution in [0.4, 0.5) is 5.69 Å². The van der Waals surface area contributed by atoms with E-state index in [4.69, 9.17) is 23.2 Å². The van der Waals surface area contributed by atoms with Gasteiger partial charge in [0.1, 0.15) is 0 Å². The van der Waals surface area contributed by atoms with Gasteiger partial charge in [-0.25, -0.2) is 0 Å². The predicted octanol–water partition coefficient (Wildman–Crippen LogP) is 5.93. The quantitative estimate of drug-likeness (QED) is 0.443. The summed E-state index contributed by atoms with van der Waals surface area (Å²) in [5.74, 6) is 1.61. The van der Waals surface area contributed by atoms with Crippen LogP contribution in [0.15, 0.2) is 47.6 Å². The summed E-state index contributed by atoms with van der Waals surface area (Å²) < 4.78 is 2.02. The Morgan fingerprint density at radius 2 is 1.67 bits per heavy atom. The Balaban J connectivity index is 1.73. The van der Waals surface area contributed by atoms with E-state index in [2.05, 4.69) is 53.2 Å². The van der Waals surface area contributed by atoms with Gasteiger partial charge in [-0.3, -0.25) is 0 Å². The molecule has 1 aromatic heterocycles. The molecular weight excluding hydrogens is 399 g/mol. The van der Waals surface area contributed by atoms with Gasteiger partial charge in [-0.15, -0.1) is 10.2 Å². The van der Waals surface area contributed by atoms with Crippen molar-refractivity contribution in [2.75, 3.05) is 18.0 Å². The number of halogens is 2. The van der Waals surface area contributed by atoms with Crippen molar-refractivity contribution in [1.82, 2.24) is 14.8 Å². The first-order valence-corrected chi connectivity index (χ1v) is 10.6. The lowest BCUT2D eigenvalue weighted by molar-refractivity contribution is 0.793. The number of hydrogen-bond acceptors (Lipinski definition) is 4. The fourth-order valence-corrected chi connectivity index (χ4v) is 4.05. The van der Waals surface area contributed by atoms with Crippen LogP contribution >= 0.6 is 35.0 Å². The zero-order valence-corrected chi connectivity index (χ0v) is 17.9. The van der Waals surface area contributed by atoms with Gasteiger partial charge < -0.3 is 9.47 Å². The maximum Gasteiger partial charge on any atom is 0.191 e. The molecule has 0 atom stereocenters. The third kappa shape index (κ3) is 4.60. The van der Waals surface area contributed by atoms with Crippen LogP contribution in [0.5, 0.6) is 0 Å². The van der Waals surface area contributed by atoms with Gasteiger partial charge in [-0.2, -0.15) is 0 Å². The van der Waals surface area contributed by atoms with E-state index in [-0.39, 0.29) is 0 Å². The minimum absolute atomic E-state index is 0.569. The first-order chi connectivity index (χ1) is 13.0. The second-order valence-corrected chi connectivity index (χ2v) is 7.88. The molecule has 0 fully saturated rings. The molecule has 142 valence electrons. The number of rotatable bonds is 7. The molecule has 7 heteroatoms. The summed E-state index contributed by atoms with van der Waals surface area (Å²) in [6.07, 6.45) is 0. The number of anilines is 1. The Kier molecular flexibility index (Phi) is 6.68. The molecule has 0 aliphatic carbocycles. The van der Waals surface area contributed by atoms with Crippen LogP contribution in [0.2, 0.25) is 10.0 Å². The highest BCUT2D eigenvalue weighted by atomic mass is 35.5. The molecule has 0 unspecified atom stereocenters. The lowest BCUT2D eigenvalue weighted by Gasteiger charge is -2.21. The first kappa shape index (κ1) is 20.1. The minimum Gasteiger partial charge on any atom is -0.372 e. The molecule has 3 rings (SSSR count). The highest BCUT2D eigenvalue weighted by molar-refractivity contribution is 7.98. The maximum absolute atomic E-state index is 6.09. The summed E-state index contributed by atoms with van der Waals surface area (Å²) in [6, 6.07) is 14.2. The lowest BCUT2D eigenvalue weighted by atomic mass is 10.2. The second kappa shape index (κ2) is 9.00. The lowest BCUT2D eigenvalue weighted by Crippen LogP contribution is -2.21. The van der Waals surface area contributed by atoms with Crippen molar-refractivity contribution < 1.29 is 0 Å². The first-order valence-electron chi connectivity index (χ1n) is 8.85. The number of hydrogen-bond donors (Lipinski definition) is 0. The monoisotopic (exact) mass is 420 g/mol. The van der Waals surface area contributed by atoms with Gasteiger partial charge in [-0.1, -0.05) is 41.0 Å². The van der Waals surface area contributed by atoms with Gasteiger partial charge in [0, 0.05) is 37.1 Å². The van der Waals surface area contributed by atoms with Gasteiger partial charge >= 0.3 is 0 Å². The Bertz CT molecular complexity index is 905. The van der Waals surface area contributed by atoms with E-state index in [0.717, 1.165) is 41.0 Å². The van der Waals surface area contributed by atoms with Gasteiger partial charge in [-0.05, 0) is 55.8 Å². The van der Waals surface area contributed by atoms with Crippen molar-refractivity contribution in [3.8, 4) is 11.4 Å². The molecule has 0 radical (unpaired) electrons. The van der Waals surface area contributed by atoms with Gasteiger partial charge in [0.25, 0.3) is 0 Å². The van der Waals surface area contributed by atoms with Crippen LogP contribution in [-0.2, 0) is 12.8 Å². The standard InChI is InChI=1S/C20H22Cl2N4S/c1-4-26(5-2)16-9-7-15(8-10-16)19-23-24-20(25(19)3)27-13-14-6-11-17(21)18(22)12-14/h6-12H,4-5,13H2,1-3H3. The van der Waals surface area contributed by atoms with E-state index in [0.29, 0.717) is 10.0 Å². The third-order valence-corrected chi connectivity index (χ3v) is 6.27. The molecule has 2 aromatic carbocycles. The summed E-state index contributed by atoms with van der Waals surface area (Å²) in [5, 5.41) is 10.7. The average Bonchev–Trinajstić information content (AvgIpc) is 3.05. The highest BCUT2D eigenvalue weighted by Crippen LogP contribution is 2.29. The zero-order chi connectivity index (χ0) is 19.4. The average molecular weight is 421 g/mol. The van der Waals surface area contributed by atoms with Crippen molar-refractivity contribution in [2.45, 2.75) is 24.8 Å². The highest BCUT2D eigenvalue weighted by Gasteiger charge is 2.12. The molecule has 0 saturated carbocycles. The van der Waals surface area contributed by atoms with Crippen molar-refractivity contribution in [1.29, 1.82) is 0 Å². The summed E-state index contributed by atoms with van der Waals surface area (Å²) in [4.78, 5) is 2.32. The van der Waals surface area contributed by atoms with Crippen molar-refractivity contribution in [3.05, 3.63) is 58.1 Å². The number of nitrogens with zero attached hydrogens (tertiary/aromatic N) is 4. The van der Waals surface area contributed by atoms with E-state index in [1.165, 1.54) is 5.69 Å². The fourth-order valence-electron chi connectivity index (χ4n) is 2.88. The number of benzene rings is 2. The molecule has 3 aromatic rings. The molecule has 0 saturated heterocycles. The Morgan fingerprint density at radius 3 is 2.30 bits per heavy atom. The molecular formula is C20H22Cl2N4S. The SMILES string of the molecule is CCN(CC)c1ccc(-c2nnc(SCc3ccc(Cl)c(Cl)c3)n2C)cc1. The summed E-state index contributed by atoms with van der Waals surface area (Å²) in [6.45, 7) is 6.32. The van der Waals surface area contributed by atoms with E-state index in [9.17, 15) is 0 Å². The molecule has 27 heavy (non-hydrogen) atoms. The van der Waals surface area contributed by atoms with E-state index in [1.807, 2.05) is 29.8 Å². The smallest absolute Gasteiger partial charge is 0.191 e. The Labute approximate surface area is 174 Å². The van der Waals surface area contributed by atoms with E-state index in [1.54, 1.807) is 11.8 Å². The van der Waals surface area contributed by atoms with Gasteiger partial charge in [0.05, 0.1) is 10.0 Å². The molecule has 0 spiro atoms. The van der Waals surface area contributed by atoms with Crippen molar-refractivity contribution in [2.24, 2.45) is 7.05 Å². The molecule has 1 heterocycles. The zero-order valence-electron chi connectivity index (χ0n) is 15.6. The predicted molar refractivity (Wildman–Crippen MR) is 116 cm³/mol. The van der Waals surface area contributed by atoms with Crippen LogP contribution < -0.4 is 4.90 Å². The fraction of sp³-hybridized carbons (Fsp3) is 0.300. The molecule has 0 amide bonds. The van der Waals surface area contributed by atoms with Gasteiger partial charge in [0.15, 0.2) is 11.0 Å². The van der Waals surface area contributed by atoms with Crippen molar-refractivity contribution >= 4 is 40.7 Å².